The summed E-state index contributed by atoms with van der Waals surface area (Å²) in [5.41, 5.74) is 2.68. The number of halogens is 1. The molecule has 7 heteroatoms. The van der Waals surface area contributed by atoms with Crippen LogP contribution in [0.2, 0.25) is 5.02 Å². The van der Waals surface area contributed by atoms with Crippen molar-refractivity contribution in [1.82, 2.24) is 4.98 Å². The maximum atomic E-state index is 12.6. The van der Waals surface area contributed by atoms with Crippen LogP contribution in [0.15, 0.2) is 65.7 Å². The highest BCUT2D eigenvalue weighted by Gasteiger charge is 2.17. The highest BCUT2D eigenvalue weighted by molar-refractivity contribution is 7.92. The molecule has 0 bridgehead atoms. The summed E-state index contributed by atoms with van der Waals surface area (Å²) >= 11 is 6.11. The van der Waals surface area contributed by atoms with Gasteiger partial charge in [0.15, 0.2) is 0 Å². The summed E-state index contributed by atoms with van der Waals surface area (Å²) in [5.74, 6) is 0.563. The molecule has 1 aromatic heterocycles. The largest absolute Gasteiger partial charge is 0.339 e. The second kappa shape index (κ2) is 7.35. The van der Waals surface area contributed by atoms with Crippen LogP contribution in [0, 0.1) is 13.8 Å². The minimum absolute atomic E-state index is 0.260. The summed E-state index contributed by atoms with van der Waals surface area (Å²) in [5, 5.41) is 3.67. The summed E-state index contributed by atoms with van der Waals surface area (Å²) in [6.07, 6.45) is 1.46. The standard InChI is InChI=1S/C19H18ClN3O2S/c1-13-7-8-14(2)18(11-13)26(24,25)23-15-9-10-19(21-12-15)22-17-6-4-3-5-16(17)20/h3-12,23H,1-2H3,(H,21,22). The third-order valence-electron chi connectivity index (χ3n) is 3.79. The lowest BCUT2D eigenvalue weighted by molar-refractivity contribution is 0.600. The molecule has 3 rings (SSSR count). The fourth-order valence-electron chi connectivity index (χ4n) is 2.44. The molecule has 3 aromatic rings. The number of aromatic nitrogens is 1. The third kappa shape index (κ3) is 4.15. The summed E-state index contributed by atoms with van der Waals surface area (Å²) < 4.78 is 27.8. The smallest absolute Gasteiger partial charge is 0.262 e. The predicted octanol–water partition coefficient (Wildman–Crippen LogP) is 4.90. The molecule has 0 aliphatic carbocycles. The van der Waals surface area contributed by atoms with E-state index in [0.717, 1.165) is 11.3 Å². The van der Waals surface area contributed by atoms with Crippen LogP contribution >= 0.6 is 11.6 Å². The van der Waals surface area contributed by atoms with Gasteiger partial charge in [0.1, 0.15) is 5.82 Å². The second-order valence-corrected chi connectivity index (χ2v) is 7.97. The first kappa shape index (κ1) is 18.2. The second-order valence-electron chi connectivity index (χ2n) is 5.91. The number of sulfonamides is 1. The van der Waals surface area contributed by atoms with Gasteiger partial charge in [-0.3, -0.25) is 4.72 Å². The number of pyridine rings is 1. The Hall–Kier alpha value is -2.57. The SMILES string of the molecule is Cc1ccc(C)c(S(=O)(=O)Nc2ccc(Nc3ccccc3Cl)nc2)c1. The first-order chi connectivity index (χ1) is 12.3. The Labute approximate surface area is 158 Å². The van der Waals surface area contributed by atoms with E-state index in [1.54, 1.807) is 37.3 Å². The van der Waals surface area contributed by atoms with Gasteiger partial charge in [-0.15, -0.1) is 0 Å². The van der Waals surface area contributed by atoms with Crippen molar-refractivity contribution in [2.75, 3.05) is 10.0 Å². The molecule has 134 valence electrons. The van der Waals surface area contributed by atoms with E-state index >= 15 is 0 Å². The van der Waals surface area contributed by atoms with Gasteiger partial charge in [0.25, 0.3) is 10.0 Å². The summed E-state index contributed by atoms with van der Waals surface area (Å²) in [7, 11) is -3.68. The molecule has 0 saturated carbocycles. The van der Waals surface area contributed by atoms with Crippen molar-refractivity contribution in [1.29, 1.82) is 0 Å². The lowest BCUT2D eigenvalue weighted by atomic mass is 10.2. The Morgan fingerprint density at radius 3 is 2.46 bits per heavy atom. The van der Waals surface area contributed by atoms with Crippen LogP contribution in [0.1, 0.15) is 11.1 Å². The number of rotatable bonds is 5. The molecule has 2 aromatic carbocycles. The summed E-state index contributed by atoms with van der Waals surface area (Å²) in [6, 6.07) is 16.0. The van der Waals surface area contributed by atoms with Gasteiger partial charge in [0, 0.05) is 0 Å². The third-order valence-corrected chi connectivity index (χ3v) is 5.64. The van der Waals surface area contributed by atoms with E-state index in [-0.39, 0.29) is 4.90 Å². The molecule has 0 amide bonds. The van der Waals surface area contributed by atoms with Gasteiger partial charge in [-0.05, 0) is 55.3 Å². The van der Waals surface area contributed by atoms with Gasteiger partial charge < -0.3 is 5.32 Å². The molecule has 26 heavy (non-hydrogen) atoms. The van der Waals surface area contributed by atoms with Gasteiger partial charge in [0.05, 0.1) is 27.5 Å². The maximum Gasteiger partial charge on any atom is 0.262 e. The monoisotopic (exact) mass is 387 g/mol. The van der Waals surface area contributed by atoms with E-state index < -0.39 is 10.0 Å². The van der Waals surface area contributed by atoms with E-state index in [9.17, 15) is 8.42 Å². The molecule has 2 N–H and O–H groups in total. The summed E-state index contributed by atoms with van der Waals surface area (Å²) in [4.78, 5) is 4.50. The molecule has 1 heterocycles. The summed E-state index contributed by atoms with van der Waals surface area (Å²) in [6.45, 7) is 3.62. The van der Waals surface area contributed by atoms with Crippen molar-refractivity contribution in [3.05, 3.63) is 76.9 Å². The molecule has 0 saturated heterocycles. The molecular weight excluding hydrogens is 370 g/mol. The number of nitrogens with zero attached hydrogens (tertiary/aromatic N) is 1. The lowest BCUT2D eigenvalue weighted by Crippen LogP contribution is -2.14. The zero-order valence-electron chi connectivity index (χ0n) is 14.3. The first-order valence-electron chi connectivity index (χ1n) is 7.93. The molecular formula is C19H18ClN3O2S. The van der Waals surface area contributed by atoms with Crippen molar-refractivity contribution >= 4 is 38.8 Å². The normalized spacial score (nSPS) is 11.2. The van der Waals surface area contributed by atoms with Crippen LogP contribution in [0.25, 0.3) is 0 Å². The number of benzene rings is 2. The Morgan fingerprint density at radius 2 is 1.77 bits per heavy atom. The molecule has 0 aliphatic rings. The number of anilines is 3. The molecule has 0 radical (unpaired) electrons. The van der Waals surface area contributed by atoms with Crippen LogP contribution in [-0.4, -0.2) is 13.4 Å². The zero-order valence-corrected chi connectivity index (χ0v) is 15.9. The van der Waals surface area contributed by atoms with Crippen LogP contribution in [0.4, 0.5) is 17.2 Å². The van der Waals surface area contributed by atoms with Crippen molar-refractivity contribution < 1.29 is 8.42 Å². The fraction of sp³-hybridized carbons (Fsp3) is 0.105. The molecule has 0 unspecified atom stereocenters. The minimum atomic E-state index is -3.68. The molecule has 0 aliphatic heterocycles. The molecule has 0 atom stereocenters. The minimum Gasteiger partial charge on any atom is -0.339 e. The lowest BCUT2D eigenvalue weighted by Gasteiger charge is -2.12. The predicted molar refractivity (Wildman–Crippen MR) is 106 cm³/mol. The van der Waals surface area contributed by atoms with E-state index in [1.165, 1.54) is 6.20 Å². The quantitative estimate of drug-likeness (QED) is 0.653. The maximum absolute atomic E-state index is 12.6. The van der Waals surface area contributed by atoms with E-state index in [0.29, 0.717) is 22.1 Å². The fourth-order valence-corrected chi connectivity index (χ4v) is 3.99. The number of hydrogen-bond donors (Lipinski definition) is 2. The average molecular weight is 388 g/mol. The van der Waals surface area contributed by atoms with Crippen molar-refractivity contribution in [2.45, 2.75) is 18.7 Å². The van der Waals surface area contributed by atoms with Gasteiger partial charge in [-0.25, -0.2) is 13.4 Å². The van der Waals surface area contributed by atoms with Crippen LogP contribution < -0.4 is 10.0 Å². The average Bonchev–Trinajstić information content (AvgIpc) is 2.60. The number of para-hydroxylation sites is 1. The Balaban J connectivity index is 1.79. The van der Waals surface area contributed by atoms with E-state index in [4.69, 9.17) is 11.6 Å². The Kier molecular flexibility index (Phi) is 5.15. The topological polar surface area (TPSA) is 71.1 Å². The molecule has 0 fully saturated rings. The Bertz CT molecular complexity index is 1030. The van der Waals surface area contributed by atoms with Crippen LogP contribution in [-0.2, 0) is 10.0 Å². The highest BCUT2D eigenvalue weighted by Crippen LogP contribution is 2.25. The number of nitrogens with one attached hydrogen (secondary N) is 2. The first-order valence-corrected chi connectivity index (χ1v) is 9.79. The van der Waals surface area contributed by atoms with Crippen molar-refractivity contribution in [2.24, 2.45) is 0 Å². The van der Waals surface area contributed by atoms with Crippen molar-refractivity contribution in [3.8, 4) is 0 Å². The van der Waals surface area contributed by atoms with Gasteiger partial charge in [-0.1, -0.05) is 35.9 Å². The van der Waals surface area contributed by atoms with E-state index in [2.05, 4.69) is 15.0 Å². The highest BCUT2D eigenvalue weighted by atomic mass is 35.5. The molecule has 0 spiro atoms. The Morgan fingerprint density at radius 1 is 1.00 bits per heavy atom. The number of hydrogen-bond acceptors (Lipinski definition) is 4. The zero-order chi connectivity index (χ0) is 18.7. The van der Waals surface area contributed by atoms with Gasteiger partial charge >= 0.3 is 0 Å². The van der Waals surface area contributed by atoms with Gasteiger partial charge in [0.2, 0.25) is 0 Å². The van der Waals surface area contributed by atoms with Crippen molar-refractivity contribution in [3.63, 3.8) is 0 Å². The van der Waals surface area contributed by atoms with Crippen LogP contribution in [0.3, 0.4) is 0 Å². The number of aryl methyl sites for hydroxylation is 2. The van der Waals surface area contributed by atoms with E-state index in [1.807, 2.05) is 31.2 Å². The molecule has 5 nitrogen and oxygen atoms in total. The van der Waals surface area contributed by atoms with Gasteiger partial charge in [-0.2, -0.15) is 0 Å². The van der Waals surface area contributed by atoms with Crippen LogP contribution in [0.5, 0.6) is 0 Å².